The van der Waals surface area contributed by atoms with Gasteiger partial charge >= 0.3 is 0 Å². The Kier molecular flexibility index (Phi) is 7.14. The fraction of sp³-hybridized carbons (Fsp3) is 1.00. The van der Waals surface area contributed by atoms with Gasteiger partial charge in [-0.3, -0.25) is 4.90 Å². The van der Waals surface area contributed by atoms with Gasteiger partial charge in [0.2, 0.25) is 0 Å². The van der Waals surface area contributed by atoms with Crippen LogP contribution in [0.4, 0.5) is 0 Å². The van der Waals surface area contributed by atoms with Gasteiger partial charge in [-0.05, 0) is 44.1 Å². The van der Waals surface area contributed by atoms with Gasteiger partial charge in [0.1, 0.15) is 0 Å². The van der Waals surface area contributed by atoms with Gasteiger partial charge in [0, 0.05) is 19.1 Å². The zero-order chi connectivity index (χ0) is 12.7. The Bertz CT molecular complexity index is 185. The molecule has 0 aromatic carbocycles. The lowest BCUT2D eigenvalue weighted by Gasteiger charge is -2.32. The Hall–Kier alpha value is -0.0800. The van der Waals surface area contributed by atoms with Crippen LogP contribution in [0, 0.1) is 11.8 Å². The van der Waals surface area contributed by atoms with E-state index in [0.29, 0.717) is 0 Å². The summed E-state index contributed by atoms with van der Waals surface area (Å²) in [5.41, 5.74) is 5.60. The molecule has 2 heteroatoms. The standard InChI is InChI=1S/C15H32N2/c1-13(2)11-17(15-8-4-5-9-15)12-14(3)7-6-10-16/h13-15H,4-12,16H2,1-3H3. The molecule has 1 unspecified atom stereocenters. The van der Waals surface area contributed by atoms with Gasteiger partial charge in [0.25, 0.3) is 0 Å². The van der Waals surface area contributed by atoms with Crippen LogP contribution in [0.15, 0.2) is 0 Å². The average Bonchev–Trinajstić information content (AvgIpc) is 2.78. The van der Waals surface area contributed by atoms with Crippen molar-refractivity contribution in [1.29, 1.82) is 0 Å². The highest BCUT2D eigenvalue weighted by molar-refractivity contribution is 4.79. The molecule has 2 nitrogen and oxygen atoms in total. The number of hydrogen-bond acceptors (Lipinski definition) is 2. The molecule has 1 atom stereocenters. The van der Waals surface area contributed by atoms with Gasteiger partial charge in [-0.15, -0.1) is 0 Å². The molecule has 0 radical (unpaired) electrons. The second-order valence-electron chi connectivity index (χ2n) is 6.32. The van der Waals surface area contributed by atoms with Crippen molar-refractivity contribution in [3.05, 3.63) is 0 Å². The Labute approximate surface area is 108 Å². The van der Waals surface area contributed by atoms with Crippen molar-refractivity contribution in [2.24, 2.45) is 17.6 Å². The van der Waals surface area contributed by atoms with E-state index in [9.17, 15) is 0 Å². The summed E-state index contributed by atoms with van der Waals surface area (Å²) >= 11 is 0. The van der Waals surface area contributed by atoms with E-state index < -0.39 is 0 Å². The largest absolute Gasteiger partial charge is 0.330 e. The number of nitrogens with zero attached hydrogens (tertiary/aromatic N) is 1. The molecule has 1 fully saturated rings. The van der Waals surface area contributed by atoms with Gasteiger partial charge in [-0.1, -0.05) is 33.6 Å². The van der Waals surface area contributed by atoms with Gasteiger partial charge in [-0.25, -0.2) is 0 Å². The maximum Gasteiger partial charge on any atom is 0.00954 e. The van der Waals surface area contributed by atoms with Crippen molar-refractivity contribution in [3.63, 3.8) is 0 Å². The van der Waals surface area contributed by atoms with Gasteiger partial charge < -0.3 is 5.73 Å². The van der Waals surface area contributed by atoms with Gasteiger partial charge in [0.15, 0.2) is 0 Å². The fourth-order valence-electron chi connectivity index (χ4n) is 3.07. The number of rotatable bonds is 8. The predicted octanol–water partition coefficient (Wildman–Crippen LogP) is 3.26. The molecule has 0 aromatic heterocycles. The lowest BCUT2D eigenvalue weighted by Crippen LogP contribution is -2.39. The Balaban J connectivity index is 2.38. The molecular formula is C15H32N2. The lowest BCUT2D eigenvalue weighted by atomic mass is 10.0. The first-order chi connectivity index (χ1) is 8.13. The van der Waals surface area contributed by atoms with Crippen molar-refractivity contribution < 1.29 is 0 Å². The number of nitrogens with two attached hydrogens (primary N) is 1. The maximum atomic E-state index is 5.60. The molecular weight excluding hydrogens is 208 g/mol. The average molecular weight is 240 g/mol. The SMILES string of the molecule is CC(C)CN(CC(C)CCCN)C1CCCC1. The monoisotopic (exact) mass is 240 g/mol. The van der Waals surface area contributed by atoms with E-state index in [-0.39, 0.29) is 0 Å². The highest BCUT2D eigenvalue weighted by Gasteiger charge is 2.24. The molecule has 1 rings (SSSR count). The molecule has 0 bridgehead atoms. The Morgan fingerprint density at radius 3 is 2.29 bits per heavy atom. The molecule has 1 saturated carbocycles. The van der Waals surface area contributed by atoms with Gasteiger partial charge in [-0.2, -0.15) is 0 Å². The van der Waals surface area contributed by atoms with E-state index in [1.165, 1.54) is 51.6 Å². The summed E-state index contributed by atoms with van der Waals surface area (Å²) in [4.78, 5) is 2.76. The summed E-state index contributed by atoms with van der Waals surface area (Å²) in [6, 6.07) is 0.873. The maximum absolute atomic E-state index is 5.60. The molecule has 0 heterocycles. The first-order valence-electron chi connectivity index (χ1n) is 7.57. The van der Waals surface area contributed by atoms with Crippen LogP contribution in [0.1, 0.15) is 59.3 Å². The van der Waals surface area contributed by atoms with Crippen LogP contribution in [0.3, 0.4) is 0 Å². The highest BCUT2D eigenvalue weighted by Crippen LogP contribution is 2.25. The molecule has 0 amide bonds. The predicted molar refractivity (Wildman–Crippen MR) is 76.1 cm³/mol. The van der Waals surface area contributed by atoms with E-state index in [2.05, 4.69) is 25.7 Å². The molecule has 1 aliphatic carbocycles. The fourth-order valence-corrected chi connectivity index (χ4v) is 3.07. The van der Waals surface area contributed by atoms with Crippen molar-refractivity contribution in [1.82, 2.24) is 4.90 Å². The minimum Gasteiger partial charge on any atom is -0.330 e. The third-order valence-corrected chi connectivity index (χ3v) is 3.89. The minimum absolute atomic E-state index is 0.789. The van der Waals surface area contributed by atoms with Crippen LogP contribution in [-0.2, 0) is 0 Å². The first kappa shape index (κ1) is 15.0. The van der Waals surface area contributed by atoms with E-state index in [0.717, 1.165) is 24.4 Å². The van der Waals surface area contributed by atoms with Crippen molar-refractivity contribution >= 4 is 0 Å². The summed E-state index contributed by atoms with van der Waals surface area (Å²) in [7, 11) is 0. The summed E-state index contributed by atoms with van der Waals surface area (Å²) in [6.07, 6.45) is 8.21. The second kappa shape index (κ2) is 8.10. The van der Waals surface area contributed by atoms with Crippen LogP contribution in [0.25, 0.3) is 0 Å². The van der Waals surface area contributed by atoms with Gasteiger partial charge in [0.05, 0.1) is 0 Å². The van der Waals surface area contributed by atoms with Crippen LogP contribution in [0.2, 0.25) is 0 Å². The van der Waals surface area contributed by atoms with E-state index in [1.54, 1.807) is 0 Å². The summed E-state index contributed by atoms with van der Waals surface area (Å²) < 4.78 is 0. The zero-order valence-corrected chi connectivity index (χ0v) is 12.1. The van der Waals surface area contributed by atoms with E-state index >= 15 is 0 Å². The molecule has 102 valence electrons. The molecule has 0 aromatic rings. The zero-order valence-electron chi connectivity index (χ0n) is 12.1. The smallest absolute Gasteiger partial charge is 0.00954 e. The summed E-state index contributed by atoms with van der Waals surface area (Å²) in [5, 5.41) is 0. The van der Waals surface area contributed by atoms with E-state index in [1.807, 2.05) is 0 Å². The summed E-state index contributed by atoms with van der Waals surface area (Å²) in [5.74, 6) is 1.59. The highest BCUT2D eigenvalue weighted by atomic mass is 15.2. The third kappa shape index (κ3) is 5.87. The Morgan fingerprint density at radius 1 is 1.12 bits per heavy atom. The normalized spacial score (nSPS) is 19.4. The van der Waals surface area contributed by atoms with Crippen LogP contribution >= 0.6 is 0 Å². The van der Waals surface area contributed by atoms with Crippen LogP contribution < -0.4 is 5.73 Å². The second-order valence-corrected chi connectivity index (χ2v) is 6.32. The number of hydrogen-bond donors (Lipinski definition) is 1. The minimum atomic E-state index is 0.789. The molecule has 2 N–H and O–H groups in total. The molecule has 0 spiro atoms. The molecule has 1 aliphatic rings. The molecule has 17 heavy (non-hydrogen) atoms. The molecule has 0 saturated heterocycles. The summed E-state index contributed by atoms with van der Waals surface area (Å²) in [6.45, 7) is 10.5. The van der Waals surface area contributed by atoms with Crippen molar-refractivity contribution in [2.75, 3.05) is 19.6 Å². The Morgan fingerprint density at radius 2 is 1.76 bits per heavy atom. The van der Waals surface area contributed by atoms with Crippen molar-refractivity contribution in [2.45, 2.75) is 65.3 Å². The lowest BCUT2D eigenvalue weighted by molar-refractivity contribution is 0.151. The molecule has 0 aliphatic heterocycles. The quantitative estimate of drug-likeness (QED) is 0.705. The topological polar surface area (TPSA) is 29.3 Å². The van der Waals surface area contributed by atoms with E-state index in [4.69, 9.17) is 5.73 Å². The van der Waals surface area contributed by atoms with Crippen LogP contribution in [-0.4, -0.2) is 30.6 Å². The third-order valence-electron chi connectivity index (χ3n) is 3.89. The van der Waals surface area contributed by atoms with Crippen LogP contribution in [0.5, 0.6) is 0 Å². The van der Waals surface area contributed by atoms with Crippen molar-refractivity contribution in [3.8, 4) is 0 Å². The first-order valence-corrected chi connectivity index (χ1v) is 7.57.